The van der Waals surface area contributed by atoms with E-state index in [4.69, 9.17) is 9.15 Å². The van der Waals surface area contributed by atoms with Crippen molar-refractivity contribution in [2.45, 2.75) is 42.8 Å². The molecule has 0 radical (unpaired) electrons. The van der Waals surface area contributed by atoms with Gasteiger partial charge in [-0.05, 0) is 68.6 Å². The molecule has 130 valence electrons. The minimum absolute atomic E-state index is 0.117. The van der Waals surface area contributed by atoms with Gasteiger partial charge in [-0.3, -0.25) is 4.79 Å². The fourth-order valence-electron chi connectivity index (χ4n) is 5.71. The molecule has 25 heavy (non-hydrogen) atoms. The molecule has 4 bridgehead atoms. The number of carbonyl (C=O) groups excluding carboxylic acids is 1. The molecule has 0 N–H and O–H groups in total. The van der Waals surface area contributed by atoms with E-state index >= 15 is 0 Å². The van der Waals surface area contributed by atoms with Crippen LogP contribution in [0, 0.1) is 17.3 Å². The summed E-state index contributed by atoms with van der Waals surface area (Å²) in [6.45, 7) is 0. The van der Waals surface area contributed by atoms with Crippen LogP contribution < -0.4 is 10.4 Å². The summed E-state index contributed by atoms with van der Waals surface area (Å²) in [6.07, 6.45) is 6.37. The predicted octanol–water partition coefficient (Wildman–Crippen LogP) is 4.43. The van der Waals surface area contributed by atoms with Crippen LogP contribution in [0.5, 0.6) is 5.75 Å². The zero-order chi connectivity index (χ0) is 17.2. The second kappa shape index (κ2) is 5.19. The summed E-state index contributed by atoms with van der Waals surface area (Å²) >= 11 is 3.93. The SMILES string of the molecule is O=C(Oc1ccc2ccc(=O)oc2c1)C12C[C@H]3C[C@@H](CC(Br)(C3)C1)C2. The number of fused-ring (bicyclic) bond motifs is 1. The minimum atomic E-state index is -0.404. The minimum Gasteiger partial charge on any atom is -0.426 e. The molecule has 2 aromatic rings. The average molecular weight is 403 g/mol. The standard InChI is InChI=1S/C20H19BrO4/c21-20-9-12-5-13(10-20)8-19(7-12,11-20)18(23)24-15-3-1-14-2-4-17(22)25-16(14)6-15/h1-4,6,12-13H,5,7-11H2/t12-,13-,19?,20?/m1/s1. The van der Waals surface area contributed by atoms with Gasteiger partial charge in [0.2, 0.25) is 0 Å². The molecule has 4 aliphatic carbocycles. The maximum Gasteiger partial charge on any atom is 0.336 e. The van der Waals surface area contributed by atoms with Gasteiger partial charge in [0.1, 0.15) is 11.3 Å². The van der Waals surface area contributed by atoms with E-state index in [9.17, 15) is 9.59 Å². The van der Waals surface area contributed by atoms with Crippen molar-refractivity contribution in [3.8, 4) is 5.75 Å². The number of benzene rings is 1. The maximum absolute atomic E-state index is 13.1. The van der Waals surface area contributed by atoms with Crippen LogP contribution in [0.4, 0.5) is 0 Å². The number of halogens is 1. The summed E-state index contributed by atoms with van der Waals surface area (Å²) < 4.78 is 11.1. The van der Waals surface area contributed by atoms with Crippen molar-refractivity contribution >= 4 is 32.9 Å². The lowest BCUT2D eigenvalue weighted by Crippen LogP contribution is -2.56. The Balaban J connectivity index is 1.44. The van der Waals surface area contributed by atoms with Crippen LogP contribution in [0.25, 0.3) is 11.0 Å². The van der Waals surface area contributed by atoms with Crippen LogP contribution >= 0.6 is 15.9 Å². The first kappa shape index (κ1) is 15.6. The van der Waals surface area contributed by atoms with Gasteiger partial charge in [0.25, 0.3) is 0 Å². The quantitative estimate of drug-likeness (QED) is 0.322. The molecule has 2 atom stereocenters. The predicted molar refractivity (Wildman–Crippen MR) is 96.9 cm³/mol. The second-order valence-electron chi connectivity index (χ2n) is 8.24. The topological polar surface area (TPSA) is 56.5 Å². The Hall–Kier alpha value is -1.62. The smallest absolute Gasteiger partial charge is 0.336 e. The molecule has 1 heterocycles. The summed E-state index contributed by atoms with van der Waals surface area (Å²) in [7, 11) is 0. The fraction of sp³-hybridized carbons (Fsp3) is 0.500. The maximum atomic E-state index is 13.1. The Morgan fingerprint density at radius 3 is 2.56 bits per heavy atom. The molecule has 1 aromatic carbocycles. The van der Waals surface area contributed by atoms with Crippen molar-refractivity contribution in [1.29, 1.82) is 0 Å². The molecule has 4 nitrogen and oxygen atoms in total. The van der Waals surface area contributed by atoms with E-state index in [0.717, 1.165) is 24.6 Å². The Labute approximate surface area is 153 Å². The van der Waals surface area contributed by atoms with Gasteiger partial charge in [-0.1, -0.05) is 15.9 Å². The number of ether oxygens (including phenoxy) is 1. The number of alkyl halides is 1. The van der Waals surface area contributed by atoms with Crippen LogP contribution in [0.15, 0.2) is 39.5 Å². The molecule has 0 aliphatic heterocycles. The molecular formula is C20H19BrO4. The van der Waals surface area contributed by atoms with E-state index in [0.29, 0.717) is 23.2 Å². The van der Waals surface area contributed by atoms with E-state index in [1.54, 1.807) is 18.2 Å². The van der Waals surface area contributed by atoms with Gasteiger partial charge in [-0.15, -0.1) is 0 Å². The Bertz CT molecular complexity index is 917. The molecule has 6 rings (SSSR count). The van der Waals surface area contributed by atoms with Gasteiger partial charge in [-0.25, -0.2) is 4.79 Å². The first-order chi connectivity index (χ1) is 11.9. The van der Waals surface area contributed by atoms with Crippen molar-refractivity contribution in [3.63, 3.8) is 0 Å². The third-order valence-electron chi connectivity index (χ3n) is 6.23. The highest BCUT2D eigenvalue weighted by Crippen LogP contribution is 2.64. The van der Waals surface area contributed by atoms with Crippen LogP contribution in [0.3, 0.4) is 0 Å². The van der Waals surface area contributed by atoms with Crippen molar-refractivity contribution in [3.05, 3.63) is 40.8 Å². The van der Waals surface area contributed by atoms with Crippen molar-refractivity contribution in [2.24, 2.45) is 17.3 Å². The number of hydrogen-bond acceptors (Lipinski definition) is 4. The lowest BCUT2D eigenvalue weighted by Gasteiger charge is -2.58. The second-order valence-corrected chi connectivity index (χ2v) is 9.92. The lowest BCUT2D eigenvalue weighted by atomic mass is 9.49. The zero-order valence-electron chi connectivity index (χ0n) is 13.8. The van der Waals surface area contributed by atoms with E-state index < -0.39 is 5.63 Å². The summed E-state index contributed by atoms with van der Waals surface area (Å²) in [5, 5.41) is 0.814. The third-order valence-corrected chi connectivity index (χ3v) is 7.16. The Kier molecular flexibility index (Phi) is 3.25. The molecule has 4 aliphatic rings. The van der Waals surface area contributed by atoms with E-state index in [1.807, 2.05) is 6.07 Å². The van der Waals surface area contributed by atoms with Gasteiger partial charge in [0.15, 0.2) is 0 Å². The van der Waals surface area contributed by atoms with Crippen LogP contribution in [-0.4, -0.2) is 10.3 Å². The van der Waals surface area contributed by atoms with E-state index in [-0.39, 0.29) is 15.7 Å². The monoisotopic (exact) mass is 402 g/mol. The first-order valence-corrected chi connectivity index (χ1v) is 9.68. The van der Waals surface area contributed by atoms with Gasteiger partial charge in [-0.2, -0.15) is 0 Å². The molecule has 0 saturated heterocycles. The highest BCUT2D eigenvalue weighted by molar-refractivity contribution is 9.10. The highest BCUT2D eigenvalue weighted by Gasteiger charge is 2.60. The van der Waals surface area contributed by atoms with Crippen molar-refractivity contribution in [2.75, 3.05) is 0 Å². The lowest BCUT2D eigenvalue weighted by molar-refractivity contribution is -0.159. The summed E-state index contributed by atoms with van der Waals surface area (Å²) in [5.74, 6) is 1.58. The van der Waals surface area contributed by atoms with Crippen molar-refractivity contribution in [1.82, 2.24) is 0 Å². The third kappa shape index (κ3) is 2.55. The fourth-order valence-corrected chi connectivity index (χ4v) is 7.16. The van der Waals surface area contributed by atoms with Crippen LogP contribution in [0.2, 0.25) is 0 Å². The number of esters is 1. The average Bonchev–Trinajstić information content (AvgIpc) is 2.52. The summed E-state index contributed by atoms with van der Waals surface area (Å²) in [5.41, 5.74) is -0.321. The van der Waals surface area contributed by atoms with E-state index in [2.05, 4.69) is 15.9 Å². The molecule has 0 spiro atoms. The van der Waals surface area contributed by atoms with E-state index in [1.165, 1.54) is 25.3 Å². The number of rotatable bonds is 2. The molecule has 5 heteroatoms. The molecule has 1 aromatic heterocycles. The first-order valence-electron chi connectivity index (χ1n) is 8.88. The summed E-state index contributed by atoms with van der Waals surface area (Å²) in [4.78, 5) is 24.5. The number of carbonyl (C=O) groups is 1. The normalized spacial score (nSPS) is 35.9. The molecule has 4 fully saturated rings. The molecular weight excluding hydrogens is 384 g/mol. The van der Waals surface area contributed by atoms with Gasteiger partial charge < -0.3 is 9.15 Å². The molecule has 0 unspecified atom stereocenters. The largest absolute Gasteiger partial charge is 0.426 e. The van der Waals surface area contributed by atoms with Crippen LogP contribution in [-0.2, 0) is 4.79 Å². The molecule has 0 amide bonds. The molecule has 4 saturated carbocycles. The zero-order valence-corrected chi connectivity index (χ0v) is 15.4. The Morgan fingerprint density at radius 1 is 1.12 bits per heavy atom. The summed E-state index contributed by atoms with van der Waals surface area (Å²) in [6, 6.07) is 8.32. The van der Waals surface area contributed by atoms with Gasteiger partial charge >= 0.3 is 11.6 Å². The highest BCUT2D eigenvalue weighted by atomic mass is 79.9. The van der Waals surface area contributed by atoms with Gasteiger partial charge in [0.05, 0.1) is 5.41 Å². The Morgan fingerprint density at radius 2 is 1.84 bits per heavy atom. The van der Waals surface area contributed by atoms with Gasteiger partial charge in [0, 0.05) is 21.8 Å². The number of hydrogen-bond donors (Lipinski definition) is 0. The van der Waals surface area contributed by atoms with Crippen molar-refractivity contribution < 1.29 is 13.9 Å². The van der Waals surface area contributed by atoms with Crippen LogP contribution in [0.1, 0.15) is 38.5 Å².